The van der Waals surface area contributed by atoms with Gasteiger partial charge >= 0.3 is 0 Å². The largest absolute Gasteiger partial charge is 0.496 e. The molecule has 0 saturated carbocycles. The number of nitrogens with two attached hydrogens (primary N) is 1. The average molecular weight is 447 g/mol. The Morgan fingerprint density at radius 2 is 2.15 bits per heavy atom. The summed E-state index contributed by atoms with van der Waals surface area (Å²) < 4.78 is 7.63. The van der Waals surface area contributed by atoms with Gasteiger partial charge in [0.2, 0.25) is 5.16 Å². The molecule has 140 valence electrons. The number of methoxy groups -OCH3 is 1. The van der Waals surface area contributed by atoms with Gasteiger partial charge in [0.15, 0.2) is 0 Å². The van der Waals surface area contributed by atoms with Crippen LogP contribution in [-0.2, 0) is 5.75 Å². The molecule has 0 unspecified atom stereocenters. The van der Waals surface area contributed by atoms with Crippen molar-refractivity contribution in [1.29, 1.82) is 0 Å². The molecular formula is C18H19BrN6OS. The highest BCUT2D eigenvalue weighted by Gasteiger charge is 2.10. The summed E-state index contributed by atoms with van der Waals surface area (Å²) in [6.45, 7) is 2.07. The third-order valence-electron chi connectivity index (χ3n) is 3.67. The van der Waals surface area contributed by atoms with Gasteiger partial charge in [-0.1, -0.05) is 57.5 Å². The van der Waals surface area contributed by atoms with Crippen molar-refractivity contribution >= 4 is 39.9 Å². The Morgan fingerprint density at radius 1 is 1.30 bits per heavy atom. The van der Waals surface area contributed by atoms with Crippen LogP contribution >= 0.6 is 27.7 Å². The first-order chi connectivity index (χ1) is 13.1. The van der Waals surface area contributed by atoms with Crippen molar-refractivity contribution < 1.29 is 4.74 Å². The van der Waals surface area contributed by atoms with Gasteiger partial charge in [0.05, 0.1) is 13.3 Å². The lowest BCUT2D eigenvalue weighted by molar-refractivity contribution is 0.414. The normalized spacial score (nSPS) is 11.1. The molecule has 0 saturated heterocycles. The number of hydrogen-bond donors (Lipinski definition) is 2. The molecule has 1 heterocycles. The van der Waals surface area contributed by atoms with Gasteiger partial charge in [-0.15, -0.1) is 10.2 Å². The fourth-order valence-corrected chi connectivity index (χ4v) is 3.55. The van der Waals surface area contributed by atoms with Gasteiger partial charge in [-0.25, -0.2) is 10.1 Å². The summed E-state index contributed by atoms with van der Waals surface area (Å²) in [4.78, 5) is 0. The molecule has 0 spiro atoms. The number of rotatable bonds is 7. The van der Waals surface area contributed by atoms with Crippen LogP contribution in [0.1, 0.15) is 16.7 Å². The molecule has 1 aromatic heterocycles. The molecule has 9 heteroatoms. The van der Waals surface area contributed by atoms with E-state index in [1.54, 1.807) is 13.3 Å². The molecule has 3 N–H and O–H groups in total. The Hall–Kier alpha value is -2.52. The van der Waals surface area contributed by atoms with E-state index in [0.717, 1.165) is 15.8 Å². The Bertz CT molecular complexity index is 959. The number of ether oxygens (including phenoxy) is 1. The highest BCUT2D eigenvalue weighted by Crippen LogP contribution is 2.23. The zero-order valence-corrected chi connectivity index (χ0v) is 17.3. The van der Waals surface area contributed by atoms with Crippen molar-refractivity contribution in [3.63, 3.8) is 0 Å². The number of nitrogen functional groups attached to an aromatic ring is 1. The second kappa shape index (κ2) is 8.92. The number of anilines is 1. The standard InChI is InChI=1S/C18H19BrN6OS/c1-12-4-3-5-13(8-12)11-27-18-24-23-17(25(18)20)22-21-10-14-9-15(19)6-7-16(14)26-2/h3-10H,11,20H2,1-2H3,(H,22,23)/b21-10+. The SMILES string of the molecule is COc1ccc(Br)cc1/C=N/Nc1nnc(SCc2cccc(C)c2)n1N. The van der Waals surface area contributed by atoms with Crippen molar-refractivity contribution in [2.24, 2.45) is 5.10 Å². The zero-order chi connectivity index (χ0) is 19.2. The minimum atomic E-state index is 0.354. The second-order valence-corrected chi connectivity index (χ2v) is 7.57. The minimum Gasteiger partial charge on any atom is -0.496 e. The summed E-state index contributed by atoms with van der Waals surface area (Å²) in [6.07, 6.45) is 1.64. The highest BCUT2D eigenvalue weighted by atomic mass is 79.9. The van der Waals surface area contributed by atoms with Gasteiger partial charge < -0.3 is 10.6 Å². The van der Waals surface area contributed by atoms with Crippen LogP contribution in [0.4, 0.5) is 5.95 Å². The van der Waals surface area contributed by atoms with Crippen LogP contribution in [0, 0.1) is 6.92 Å². The maximum absolute atomic E-state index is 6.06. The number of hydrazone groups is 1. The summed E-state index contributed by atoms with van der Waals surface area (Å²) in [6, 6.07) is 14.0. The molecule has 0 atom stereocenters. The van der Waals surface area contributed by atoms with E-state index in [2.05, 4.69) is 61.8 Å². The first-order valence-corrected chi connectivity index (χ1v) is 9.86. The lowest BCUT2D eigenvalue weighted by Gasteiger charge is -2.05. The number of nitrogens with zero attached hydrogens (tertiary/aromatic N) is 4. The van der Waals surface area contributed by atoms with Gasteiger partial charge in [-0.05, 0) is 30.7 Å². The summed E-state index contributed by atoms with van der Waals surface area (Å²) in [5.41, 5.74) is 6.06. The fraction of sp³-hybridized carbons (Fsp3) is 0.167. The second-order valence-electron chi connectivity index (χ2n) is 5.71. The Morgan fingerprint density at radius 3 is 2.93 bits per heavy atom. The van der Waals surface area contributed by atoms with Crippen molar-refractivity contribution in [3.8, 4) is 5.75 Å². The third-order valence-corrected chi connectivity index (χ3v) is 5.18. The molecule has 0 aliphatic heterocycles. The lowest BCUT2D eigenvalue weighted by atomic mass is 10.2. The fourth-order valence-electron chi connectivity index (χ4n) is 2.37. The van der Waals surface area contributed by atoms with Crippen molar-refractivity contribution in [2.75, 3.05) is 18.4 Å². The van der Waals surface area contributed by atoms with Gasteiger partial charge in [0.1, 0.15) is 5.75 Å². The van der Waals surface area contributed by atoms with Crippen molar-refractivity contribution in [2.45, 2.75) is 17.8 Å². The van der Waals surface area contributed by atoms with E-state index >= 15 is 0 Å². The number of aryl methyl sites for hydroxylation is 1. The number of hydrogen-bond acceptors (Lipinski definition) is 7. The molecule has 0 aliphatic carbocycles. The van der Waals surface area contributed by atoms with Crippen LogP contribution in [0.15, 0.2) is 57.2 Å². The molecule has 0 bridgehead atoms. The Balaban J connectivity index is 1.64. The Kier molecular flexibility index (Phi) is 6.36. The summed E-state index contributed by atoms with van der Waals surface area (Å²) in [5, 5.41) is 12.9. The average Bonchev–Trinajstić information content (AvgIpc) is 3.00. The molecule has 0 radical (unpaired) electrons. The van der Waals surface area contributed by atoms with Gasteiger partial charge in [0.25, 0.3) is 5.95 Å². The summed E-state index contributed by atoms with van der Waals surface area (Å²) in [5.74, 6) is 7.89. The highest BCUT2D eigenvalue weighted by molar-refractivity contribution is 9.10. The van der Waals surface area contributed by atoms with Crippen LogP contribution in [0.2, 0.25) is 0 Å². The van der Waals surface area contributed by atoms with E-state index in [0.29, 0.717) is 16.9 Å². The number of nitrogens with one attached hydrogen (secondary N) is 1. The maximum Gasteiger partial charge on any atom is 0.264 e. The van der Waals surface area contributed by atoms with Gasteiger partial charge in [0, 0.05) is 15.8 Å². The molecule has 2 aromatic carbocycles. The maximum atomic E-state index is 6.06. The molecular weight excluding hydrogens is 428 g/mol. The van der Waals surface area contributed by atoms with Crippen LogP contribution in [0.25, 0.3) is 0 Å². The molecule has 0 fully saturated rings. The van der Waals surface area contributed by atoms with Gasteiger partial charge in [-0.3, -0.25) is 0 Å². The van der Waals surface area contributed by atoms with E-state index in [9.17, 15) is 0 Å². The third kappa shape index (κ3) is 5.01. The topological polar surface area (TPSA) is 90.3 Å². The quantitative estimate of drug-likeness (QED) is 0.248. The van der Waals surface area contributed by atoms with Crippen LogP contribution in [0.3, 0.4) is 0 Å². The van der Waals surface area contributed by atoms with Crippen LogP contribution in [0.5, 0.6) is 5.75 Å². The van der Waals surface area contributed by atoms with Crippen molar-refractivity contribution in [3.05, 3.63) is 63.6 Å². The first kappa shape index (κ1) is 19.2. The van der Waals surface area contributed by atoms with E-state index in [-0.39, 0.29) is 0 Å². The monoisotopic (exact) mass is 446 g/mol. The molecule has 7 nitrogen and oxygen atoms in total. The van der Waals surface area contributed by atoms with E-state index < -0.39 is 0 Å². The number of aromatic nitrogens is 3. The first-order valence-electron chi connectivity index (χ1n) is 8.08. The summed E-state index contributed by atoms with van der Waals surface area (Å²) >= 11 is 4.95. The van der Waals surface area contributed by atoms with E-state index in [1.165, 1.54) is 27.6 Å². The zero-order valence-electron chi connectivity index (χ0n) is 14.9. The van der Waals surface area contributed by atoms with Crippen LogP contribution < -0.4 is 16.0 Å². The number of thioether (sulfide) groups is 1. The molecule has 27 heavy (non-hydrogen) atoms. The predicted molar refractivity (Wildman–Crippen MR) is 113 cm³/mol. The van der Waals surface area contributed by atoms with E-state index in [1.807, 2.05) is 24.3 Å². The number of benzene rings is 2. The van der Waals surface area contributed by atoms with Crippen LogP contribution in [-0.4, -0.2) is 28.2 Å². The molecule has 3 aromatic rings. The van der Waals surface area contributed by atoms with E-state index in [4.69, 9.17) is 10.6 Å². The smallest absolute Gasteiger partial charge is 0.264 e. The van der Waals surface area contributed by atoms with Crippen molar-refractivity contribution in [1.82, 2.24) is 14.9 Å². The number of halogens is 1. The summed E-state index contributed by atoms with van der Waals surface area (Å²) in [7, 11) is 1.61. The predicted octanol–water partition coefficient (Wildman–Crippen LogP) is 3.81. The molecule has 0 aliphatic rings. The molecule has 3 rings (SSSR count). The van der Waals surface area contributed by atoms with Gasteiger partial charge in [-0.2, -0.15) is 5.10 Å². The molecule has 0 amide bonds. The lowest BCUT2D eigenvalue weighted by Crippen LogP contribution is -2.13. The Labute approximate surface area is 170 Å². The minimum absolute atomic E-state index is 0.354.